The number of aromatic nitrogens is 2. The highest BCUT2D eigenvalue weighted by atomic mass is 32.1. The number of nitrogens with one attached hydrogen (secondary N) is 2. The van der Waals surface area contributed by atoms with E-state index in [1.165, 1.54) is 11.3 Å². The number of para-hydroxylation sites is 1. The minimum absolute atomic E-state index is 0.676. The van der Waals surface area contributed by atoms with Gasteiger partial charge in [-0.1, -0.05) is 18.2 Å². The average molecular weight is 392 g/mol. The van der Waals surface area contributed by atoms with Crippen molar-refractivity contribution in [1.82, 2.24) is 9.97 Å². The summed E-state index contributed by atoms with van der Waals surface area (Å²) < 4.78 is 10.7. The van der Waals surface area contributed by atoms with E-state index in [9.17, 15) is 0 Å². The van der Waals surface area contributed by atoms with E-state index in [2.05, 4.69) is 32.6 Å². The van der Waals surface area contributed by atoms with Gasteiger partial charge in [0.2, 0.25) is 5.13 Å². The van der Waals surface area contributed by atoms with Gasteiger partial charge in [0.15, 0.2) is 11.5 Å². The van der Waals surface area contributed by atoms with Gasteiger partial charge in [-0.25, -0.2) is 4.98 Å². The number of methoxy groups -OCH3 is 2. The van der Waals surface area contributed by atoms with Crippen molar-refractivity contribution in [2.24, 2.45) is 5.10 Å². The number of benzene rings is 2. The van der Waals surface area contributed by atoms with Crippen molar-refractivity contribution < 1.29 is 9.47 Å². The third kappa shape index (κ3) is 3.44. The van der Waals surface area contributed by atoms with Crippen LogP contribution >= 0.6 is 11.3 Å². The molecule has 0 saturated heterocycles. The molecular formula is C21H20N4O2S. The van der Waals surface area contributed by atoms with E-state index >= 15 is 0 Å². The fourth-order valence-electron chi connectivity index (χ4n) is 3.07. The van der Waals surface area contributed by atoms with Crippen molar-refractivity contribution in [1.29, 1.82) is 0 Å². The molecule has 0 aliphatic heterocycles. The number of ether oxygens (including phenoxy) is 2. The molecule has 2 aromatic carbocycles. The smallest absolute Gasteiger partial charge is 0.203 e. The highest BCUT2D eigenvalue weighted by molar-refractivity contribution is 7.14. The first-order valence-corrected chi connectivity index (χ1v) is 9.62. The molecule has 28 heavy (non-hydrogen) atoms. The van der Waals surface area contributed by atoms with Crippen molar-refractivity contribution in [2.45, 2.75) is 6.92 Å². The van der Waals surface area contributed by atoms with Crippen LogP contribution in [0.5, 0.6) is 11.5 Å². The number of aromatic amines is 1. The number of hydrazone groups is 1. The zero-order valence-electron chi connectivity index (χ0n) is 15.8. The fourth-order valence-corrected chi connectivity index (χ4v) is 3.74. The summed E-state index contributed by atoms with van der Waals surface area (Å²) in [5, 5.41) is 8.22. The maximum atomic E-state index is 5.37. The summed E-state index contributed by atoms with van der Waals surface area (Å²) in [6, 6.07) is 13.9. The summed E-state index contributed by atoms with van der Waals surface area (Å²) >= 11 is 1.50. The molecule has 0 aliphatic rings. The molecular weight excluding hydrogens is 372 g/mol. The Labute approximate surface area is 166 Å². The lowest BCUT2D eigenvalue weighted by molar-refractivity contribution is 0.355. The van der Waals surface area contributed by atoms with Gasteiger partial charge in [0.1, 0.15) is 0 Å². The van der Waals surface area contributed by atoms with Crippen LogP contribution in [0.4, 0.5) is 5.13 Å². The molecule has 4 aromatic rings. The molecule has 0 bridgehead atoms. The Balaban J connectivity index is 1.52. The van der Waals surface area contributed by atoms with Crippen molar-refractivity contribution in [3.05, 3.63) is 59.1 Å². The highest BCUT2D eigenvalue weighted by Crippen LogP contribution is 2.33. The predicted octanol–water partition coefficient (Wildman–Crippen LogP) is 5.06. The van der Waals surface area contributed by atoms with Crippen LogP contribution in [0, 0.1) is 6.92 Å². The molecule has 6 nitrogen and oxygen atoms in total. The number of anilines is 1. The first-order chi connectivity index (χ1) is 13.7. The van der Waals surface area contributed by atoms with Crippen molar-refractivity contribution in [2.75, 3.05) is 19.6 Å². The Morgan fingerprint density at radius 3 is 2.75 bits per heavy atom. The molecule has 0 saturated carbocycles. The quantitative estimate of drug-likeness (QED) is 0.355. The minimum atomic E-state index is 0.676. The SMILES string of the molecule is COc1ccc(-c2csc(N/N=C\c3c(C)[nH]c4ccccc34)n2)cc1OC. The van der Waals surface area contributed by atoms with Crippen molar-refractivity contribution in [3.8, 4) is 22.8 Å². The van der Waals surface area contributed by atoms with E-state index in [4.69, 9.17) is 9.47 Å². The number of H-pyrrole nitrogens is 1. The summed E-state index contributed by atoms with van der Waals surface area (Å²) in [5.74, 6) is 1.37. The maximum Gasteiger partial charge on any atom is 0.203 e. The van der Waals surface area contributed by atoms with Gasteiger partial charge in [-0.15, -0.1) is 11.3 Å². The monoisotopic (exact) mass is 392 g/mol. The Hall–Kier alpha value is -3.32. The van der Waals surface area contributed by atoms with E-state index in [1.54, 1.807) is 14.2 Å². The summed E-state index contributed by atoms with van der Waals surface area (Å²) in [6.07, 6.45) is 1.83. The lowest BCUT2D eigenvalue weighted by atomic mass is 10.1. The molecule has 0 radical (unpaired) electrons. The van der Waals surface area contributed by atoms with Crippen LogP contribution in [0.2, 0.25) is 0 Å². The van der Waals surface area contributed by atoms with Crippen LogP contribution in [0.3, 0.4) is 0 Å². The molecule has 2 heterocycles. The van der Waals surface area contributed by atoms with Gasteiger partial charge in [0.25, 0.3) is 0 Å². The second-order valence-corrected chi connectivity index (χ2v) is 7.05. The molecule has 4 rings (SSSR count). The number of thiazole rings is 1. The molecule has 0 atom stereocenters. The van der Waals surface area contributed by atoms with Gasteiger partial charge in [0.05, 0.1) is 26.1 Å². The van der Waals surface area contributed by atoms with Crippen LogP contribution in [0.25, 0.3) is 22.2 Å². The van der Waals surface area contributed by atoms with Crippen LogP contribution in [0.1, 0.15) is 11.3 Å². The van der Waals surface area contributed by atoms with E-state index in [0.717, 1.165) is 38.5 Å². The largest absolute Gasteiger partial charge is 0.493 e. The molecule has 0 unspecified atom stereocenters. The van der Waals surface area contributed by atoms with Gasteiger partial charge in [-0.2, -0.15) is 5.10 Å². The first-order valence-electron chi connectivity index (χ1n) is 8.74. The Kier molecular flexibility index (Phi) is 4.99. The molecule has 0 fully saturated rings. The molecule has 2 N–H and O–H groups in total. The standard InChI is InChI=1S/C21H20N4O2S/c1-13-16(15-6-4-5-7-17(15)23-13)11-22-25-21-24-18(12-28-21)14-8-9-19(26-2)20(10-14)27-3/h4-12,23H,1-3H3,(H,24,25)/b22-11-. The van der Waals surface area contributed by atoms with E-state index < -0.39 is 0 Å². The van der Waals surface area contributed by atoms with E-state index in [-0.39, 0.29) is 0 Å². The first kappa shape index (κ1) is 18.1. The number of rotatable bonds is 6. The van der Waals surface area contributed by atoms with Crippen LogP contribution in [-0.4, -0.2) is 30.4 Å². The third-order valence-corrected chi connectivity index (χ3v) is 5.23. The van der Waals surface area contributed by atoms with Gasteiger partial charge in [-0.3, -0.25) is 5.43 Å². The number of hydrogen-bond donors (Lipinski definition) is 2. The minimum Gasteiger partial charge on any atom is -0.493 e. The molecule has 2 aromatic heterocycles. The highest BCUT2D eigenvalue weighted by Gasteiger charge is 2.09. The predicted molar refractivity (Wildman–Crippen MR) is 115 cm³/mol. The van der Waals surface area contributed by atoms with Crippen LogP contribution in [-0.2, 0) is 0 Å². The number of aryl methyl sites for hydroxylation is 1. The molecule has 0 spiro atoms. The van der Waals surface area contributed by atoms with Gasteiger partial charge >= 0.3 is 0 Å². The summed E-state index contributed by atoms with van der Waals surface area (Å²) in [7, 11) is 3.24. The number of hydrogen-bond acceptors (Lipinski definition) is 6. The molecule has 7 heteroatoms. The van der Waals surface area contributed by atoms with Crippen LogP contribution < -0.4 is 14.9 Å². The van der Waals surface area contributed by atoms with Crippen LogP contribution in [0.15, 0.2) is 52.9 Å². The Bertz CT molecular complexity index is 1150. The van der Waals surface area contributed by atoms with E-state index in [1.807, 2.05) is 48.9 Å². The van der Waals surface area contributed by atoms with Crippen molar-refractivity contribution >= 4 is 33.6 Å². The lowest BCUT2D eigenvalue weighted by Crippen LogP contribution is -1.92. The molecule has 0 amide bonds. The molecule has 142 valence electrons. The topological polar surface area (TPSA) is 71.5 Å². The second kappa shape index (κ2) is 7.74. The van der Waals surface area contributed by atoms with Gasteiger partial charge in [0, 0.05) is 33.1 Å². The summed E-state index contributed by atoms with van der Waals surface area (Å²) in [4.78, 5) is 7.97. The van der Waals surface area contributed by atoms with Gasteiger partial charge < -0.3 is 14.5 Å². The van der Waals surface area contributed by atoms with E-state index in [0.29, 0.717) is 11.5 Å². The Morgan fingerprint density at radius 2 is 1.93 bits per heavy atom. The molecule has 0 aliphatic carbocycles. The summed E-state index contributed by atoms with van der Waals surface area (Å²) in [6.45, 7) is 2.04. The van der Waals surface area contributed by atoms with Gasteiger partial charge in [-0.05, 0) is 31.2 Å². The maximum absolute atomic E-state index is 5.37. The number of fused-ring (bicyclic) bond motifs is 1. The zero-order valence-corrected chi connectivity index (χ0v) is 16.6. The summed E-state index contributed by atoms with van der Waals surface area (Å²) in [5.41, 5.74) is 8.09. The fraction of sp³-hybridized carbons (Fsp3) is 0.143. The number of nitrogens with zero attached hydrogens (tertiary/aromatic N) is 2. The zero-order chi connectivity index (χ0) is 19.5. The normalized spacial score (nSPS) is 11.2. The lowest BCUT2D eigenvalue weighted by Gasteiger charge is -2.08. The Morgan fingerprint density at radius 1 is 1.11 bits per heavy atom. The second-order valence-electron chi connectivity index (χ2n) is 6.19. The average Bonchev–Trinajstić information content (AvgIpc) is 3.32. The van der Waals surface area contributed by atoms with Crippen molar-refractivity contribution in [3.63, 3.8) is 0 Å². The third-order valence-electron chi connectivity index (χ3n) is 4.48.